The Hall–Kier alpha value is -1.75. The van der Waals surface area contributed by atoms with Crippen molar-refractivity contribution in [1.82, 2.24) is 4.90 Å². The van der Waals surface area contributed by atoms with Gasteiger partial charge in [-0.05, 0) is 20.8 Å². The van der Waals surface area contributed by atoms with Gasteiger partial charge < -0.3 is 10.3 Å². The molecular weight excluding hydrogens is 241 g/mol. The van der Waals surface area contributed by atoms with Crippen LogP contribution in [0, 0.1) is 0 Å². The van der Waals surface area contributed by atoms with E-state index in [0.717, 1.165) is 4.90 Å². The lowest BCUT2D eigenvalue weighted by atomic mass is 10.1. The van der Waals surface area contributed by atoms with Gasteiger partial charge in [0.1, 0.15) is 17.8 Å². The summed E-state index contributed by atoms with van der Waals surface area (Å²) >= 11 is 0. The number of nitrogens with zero attached hydrogens (tertiary/aromatic N) is 3. The number of rotatable bonds is 2. The molecule has 0 aliphatic carbocycles. The molecule has 1 aliphatic heterocycles. The molecule has 0 bridgehead atoms. The third-order valence-corrected chi connectivity index (χ3v) is 2.39. The van der Waals surface area contributed by atoms with E-state index in [1.807, 2.05) is 0 Å². The molecule has 0 aromatic heterocycles. The average Bonchev–Trinajstić information content (AvgIpc) is 2.58. The second-order valence-corrected chi connectivity index (χ2v) is 5.13. The highest BCUT2D eigenvalue weighted by molar-refractivity contribution is 6.28. The summed E-state index contributed by atoms with van der Waals surface area (Å²) in [6.45, 7) is 4.85. The normalized spacial score (nSPS) is 23.4. The van der Waals surface area contributed by atoms with Crippen LogP contribution in [-0.2, 0) is 9.53 Å². The summed E-state index contributed by atoms with van der Waals surface area (Å²) in [6.07, 6.45) is -1.46. The maximum atomic E-state index is 13.3. The highest BCUT2D eigenvalue weighted by Crippen LogP contribution is 2.23. The number of Topliss-reactive ketones (excluding diaryl/α,β-unsaturated/α-hetero) is 1. The Morgan fingerprint density at radius 3 is 2.61 bits per heavy atom. The van der Waals surface area contributed by atoms with Crippen molar-refractivity contribution in [3.05, 3.63) is 5.53 Å². The quantitative estimate of drug-likeness (QED) is 0.423. The molecular formula is C11H16FN3O3. The van der Waals surface area contributed by atoms with Gasteiger partial charge in [-0.3, -0.25) is 9.69 Å². The van der Waals surface area contributed by atoms with Crippen molar-refractivity contribution in [1.29, 1.82) is 0 Å². The molecule has 7 heteroatoms. The van der Waals surface area contributed by atoms with E-state index in [9.17, 15) is 14.0 Å². The minimum Gasteiger partial charge on any atom is -0.444 e. The number of ketones is 1. The summed E-state index contributed by atoms with van der Waals surface area (Å²) in [7, 11) is 0. The summed E-state index contributed by atoms with van der Waals surface area (Å²) < 4.78 is 18.4. The SMILES string of the molecule is CC(C)(C)OC(=O)N1C[C@@H](F)C[C@H]1C(=O)C=[N+]=[N-]. The zero-order chi connectivity index (χ0) is 13.9. The first-order chi connectivity index (χ1) is 8.24. The Morgan fingerprint density at radius 2 is 2.11 bits per heavy atom. The second-order valence-electron chi connectivity index (χ2n) is 5.13. The molecule has 1 saturated heterocycles. The van der Waals surface area contributed by atoms with Crippen LogP contribution in [0.5, 0.6) is 0 Å². The van der Waals surface area contributed by atoms with E-state index in [1.165, 1.54) is 0 Å². The number of hydrogen-bond donors (Lipinski definition) is 0. The van der Waals surface area contributed by atoms with Gasteiger partial charge in [0.2, 0.25) is 0 Å². The summed E-state index contributed by atoms with van der Waals surface area (Å²) in [5.74, 6) is -0.622. The van der Waals surface area contributed by atoms with Gasteiger partial charge in [0, 0.05) is 6.42 Å². The van der Waals surface area contributed by atoms with Crippen LogP contribution in [-0.4, -0.2) is 52.1 Å². The molecule has 2 atom stereocenters. The molecule has 1 amide bonds. The van der Waals surface area contributed by atoms with Crippen molar-refractivity contribution in [2.24, 2.45) is 0 Å². The van der Waals surface area contributed by atoms with Gasteiger partial charge in [0.05, 0.1) is 6.54 Å². The van der Waals surface area contributed by atoms with Gasteiger partial charge in [0.15, 0.2) is 0 Å². The maximum Gasteiger partial charge on any atom is 0.411 e. The molecule has 1 fully saturated rings. The minimum absolute atomic E-state index is 0.107. The van der Waals surface area contributed by atoms with Crippen molar-refractivity contribution >= 4 is 18.1 Å². The molecule has 0 unspecified atom stereocenters. The number of halogens is 1. The molecule has 18 heavy (non-hydrogen) atoms. The molecule has 0 N–H and O–H groups in total. The van der Waals surface area contributed by atoms with Gasteiger partial charge in [-0.1, -0.05) is 0 Å². The summed E-state index contributed by atoms with van der Waals surface area (Å²) in [5.41, 5.74) is 7.58. The Morgan fingerprint density at radius 1 is 1.50 bits per heavy atom. The fourth-order valence-corrected chi connectivity index (χ4v) is 1.72. The van der Waals surface area contributed by atoms with E-state index in [0.29, 0.717) is 6.21 Å². The van der Waals surface area contributed by atoms with Crippen molar-refractivity contribution in [2.45, 2.75) is 45.0 Å². The summed E-state index contributed by atoms with van der Waals surface area (Å²) in [6, 6.07) is -0.967. The molecule has 1 heterocycles. The predicted octanol–water partition coefficient (Wildman–Crippen LogP) is 1.20. The van der Waals surface area contributed by atoms with Gasteiger partial charge in [0.25, 0.3) is 5.78 Å². The Bertz CT molecular complexity index is 399. The molecule has 6 nitrogen and oxygen atoms in total. The first-order valence-electron chi connectivity index (χ1n) is 5.59. The molecule has 100 valence electrons. The number of likely N-dealkylation sites (tertiary alicyclic amines) is 1. The predicted molar refractivity (Wildman–Crippen MR) is 60.9 cm³/mol. The maximum absolute atomic E-state index is 13.3. The van der Waals surface area contributed by atoms with E-state index in [1.54, 1.807) is 20.8 Å². The minimum atomic E-state index is -1.28. The molecule has 0 spiro atoms. The zero-order valence-corrected chi connectivity index (χ0v) is 10.6. The summed E-state index contributed by atoms with van der Waals surface area (Å²) in [4.78, 5) is 27.0. The molecule has 1 aliphatic rings. The van der Waals surface area contributed by atoms with Crippen LogP contribution in [0.2, 0.25) is 0 Å². The van der Waals surface area contributed by atoms with Gasteiger partial charge in [-0.2, -0.15) is 4.79 Å². The number of carbonyl (C=O) groups is 2. The zero-order valence-electron chi connectivity index (χ0n) is 10.6. The van der Waals surface area contributed by atoms with E-state index in [2.05, 4.69) is 4.79 Å². The Labute approximate surface area is 104 Å². The topological polar surface area (TPSA) is 83.0 Å². The number of hydrogen-bond acceptors (Lipinski definition) is 3. The fourth-order valence-electron chi connectivity index (χ4n) is 1.72. The molecule has 0 aromatic rings. The van der Waals surface area contributed by atoms with Crippen LogP contribution >= 0.6 is 0 Å². The van der Waals surface area contributed by atoms with Gasteiger partial charge in [-0.15, -0.1) is 0 Å². The first-order valence-corrected chi connectivity index (χ1v) is 5.59. The van der Waals surface area contributed by atoms with Crippen LogP contribution in [0.25, 0.3) is 5.53 Å². The van der Waals surface area contributed by atoms with E-state index >= 15 is 0 Å². The van der Waals surface area contributed by atoms with Crippen LogP contribution in [0.1, 0.15) is 27.2 Å². The summed E-state index contributed by atoms with van der Waals surface area (Å²) in [5, 5.41) is 0. The van der Waals surface area contributed by atoms with Crippen LogP contribution in [0.15, 0.2) is 0 Å². The van der Waals surface area contributed by atoms with Gasteiger partial charge in [-0.25, -0.2) is 9.18 Å². The Kier molecular flexibility index (Phi) is 4.19. The molecule has 0 radical (unpaired) electrons. The molecule has 0 aromatic carbocycles. The van der Waals surface area contributed by atoms with E-state index < -0.39 is 29.7 Å². The third kappa shape index (κ3) is 3.63. The standard InChI is InChI=1S/C11H16FN3O3/c1-11(2,3)18-10(17)15-6-7(12)4-8(15)9(16)5-14-13/h5,7-8H,4,6H2,1-3H3/t7-,8-/m0/s1. The van der Waals surface area contributed by atoms with Crippen molar-refractivity contribution < 1.29 is 23.5 Å². The van der Waals surface area contributed by atoms with E-state index in [4.69, 9.17) is 10.3 Å². The largest absolute Gasteiger partial charge is 0.444 e. The number of alkyl halides is 1. The first kappa shape index (κ1) is 14.3. The second kappa shape index (κ2) is 5.27. The molecule has 1 rings (SSSR count). The monoisotopic (exact) mass is 257 g/mol. The lowest BCUT2D eigenvalue weighted by molar-refractivity contribution is -0.120. The highest BCUT2D eigenvalue weighted by atomic mass is 19.1. The average molecular weight is 257 g/mol. The highest BCUT2D eigenvalue weighted by Gasteiger charge is 2.42. The van der Waals surface area contributed by atoms with Crippen LogP contribution in [0.3, 0.4) is 0 Å². The number of ether oxygens (including phenoxy) is 1. The number of carbonyl (C=O) groups excluding carboxylic acids is 2. The lowest BCUT2D eigenvalue weighted by Gasteiger charge is -2.26. The van der Waals surface area contributed by atoms with Crippen LogP contribution < -0.4 is 0 Å². The van der Waals surface area contributed by atoms with E-state index in [-0.39, 0.29) is 13.0 Å². The third-order valence-electron chi connectivity index (χ3n) is 2.39. The van der Waals surface area contributed by atoms with Gasteiger partial charge >= 0.3 is 12.3 Å². The smallest absolute Gasteiger partial charge is 0.411 e. The van der Waals surface area contributed by atoms with Crippen molar-refractivity contribution in [3.8, 4) is 0 Å². The Balaban J connectivity index is 2.81. The van der Waals surface area contributed by atoms with Crippen molar-refractivity contribution in [3.63, 3.8) is 0 Å². The number of amides is 1. The van der Waals surface area contributed by atoms with Crippen LogP contribution in [0.4, 0.5) is 9.18 Å². The fraction of sp³-hybridized carbons (Fsp3) is 0.727. The lowest BCUT2D eigenvalue weighted by Crippen LogP contribution is -2.43. The van der Waals surface area contributed by atoms with Crippen molar-refractivity contribution in [2.75, 3.05) is 6.54 Å². The molecule has 0 saturated carbocycles.